The second-order valence-corrected chi connectivity index (χ2v) is 4.22. The van der Waals surface area contributed by atoms with E-state index >= 15 is 0 Å². The van der Waals surface area contributed by atoms with Crippen LogP contribution in [0.25, 0.3) is 0 Å². The minimum absolute atomic E-state index is 0. The first kappa shape index (κ1) is 15.3. The Morgan fingerprint density at radius 3 is 2.13 bits per heavy atom. The van der Waals surface area contributed by atoms with E-state index in [2.05, 4.69) is 0 Å². The Morgan fingerprint density at radius 1 is 1.20 bits per heavy atom. The van der Waals surface area contributed by atoms with Crippen molar-refractivity contribution >= 4 is 47.2 Å². The van der Waals surface area contributed by atoms with Crippen molar-refractivity contribution in [3.8, 4) is 0 Å². The summed E-state index contributed by atoms with van der Waals surface area (Å²) in [6, 6.07) is 2.56. The lowest BCUT2D eigenvalue weighted by Crippen LogP contribution is -2.23. The highest BCUT2D eigenvalue weighted by atomic mass is 35.5. The lowest BCUT2D eigenvalue weighted by atomic mass is 10.0. The van der Waals surface area contributed by atoms with Gasteiger partial charge in [0.05, 0.1) is 22.2 Å². The number of hydrogen-bond donors (Lipinski definition) is 2. The zero-order valence-electron chi connectivity index (χ0n) is 7.88. The van der Waals surface area contributed by atoms with E-state index in [1.54, 1.807) is 19.1 Å². The third-order valence-electron chi connectivity index (χ3n) is 1.93. The van der Waals surface area contributed by atoms with Gasteiger partial charge in [-0.05, 0) is 19.1 Å². The molecular weight excluding hydrogens is 280 g/mol. The van der Waals surface area contributed by atoms with Gasteiger partial charge in [0.1, 0.15) is 0 Å². The van der Waals surface area contributed by atoms with Gasteiger partial charge < -0.3 is 10.8 Å². The van der Waals surface area contributed by atoms with Gasteiger partial charge in [0, 0.05) is 10.6 Å². The van der Waals surface area contributed by atoms with Crippen LogP contribution in [0.3, 0.4) is 0 Å². The molecule has 0 heterocycles. The summed E-state index contributed by atoms with van der Waals surface area (Å²) in [6.07, 6.45) is -0.733. The monoisotopic (exact) mass is 289 g/mol. The topological polar surface area (TPSA) is 46.2 Å². The molecule has 2 nitrogen and oxygen atoms in total. The molecule has 0 amide bonds. The summed E-state index contributed by atoms with van der Waals surface area (Å²) in [4.78, 5) is 0. The highest BCUT2D eigenvalue weighted by molar-refractivity contribution is 6.44. The number of benzene rings is 1. The van der Waals surface area contributed by atoms with Crippen LogP contribution in [0.2, 0.25) is 15.1 Å². The van der Waals surface area contributed by atoms with Crippen LogP contribution < -0.4 is 5.73 Å². The molecule has 1 rings (SSSR count). The number of rotatable bonds is 2. The second kappa shape index (κ2) is 6.14. The fraction of sp³-hybridized carbons (Fsp3) is 0.333. The number of nitrogens with two attached hydrogens (primary N) is 1. The van der Waals surface area contributed by atoms with E-state index in [0.29, 0.717) is 20.6 Å². The molecule has 1 aromatic rings. The highest BCUT2D eigenvalue weighted by Crippen LogP contribution is 2.35. The Morgan fingerprint density at radius 2 is 1.67 bits per heavy atom. The van der Waals surface area contributed by atoms with E-state index in [-0.39, 0.29) is 12.4 Å². The minimum atomic E-state index is -0.733. The second-order valence-electron chi connectivity index (χ2n) is 3.02. The molecule has 3 N–H and O–H groups in total. The number of aliphatic hydroxyl groups is 1. The van der Waals surface area contributed by atoms with E-state index in [0.717, 1.165) is 0 Å². The van der Waals surface area contributed by atoms with Crippen molar-refractivity contribution in [3.63, 3.8) is 0 Å². The maximum atomic E-state index is 9.33. The van der Waals surface area contributed by atoms with Crippen LogP contribution in [-0.2, 0) is 0 Å². The van der Waals surface area contributed by atoms with Crippen LogP contribution in [-0.4, -0.2) is 11.2 Å². The molecule has 0 aliphatic carbocycles. The molecule has 1 aromatic carbocycles. The van der Waals surface area contributed by atoms with E-state index < -0.39 is 12.1 Å². The van der Waals surface area contributed by atoms with Crippen molar-refractivity contribution in [1.82, 2.24) is 0 Å². The van der Waals surface area contributed by atoms with Crippen LogP contribution in [0.1, 0.15) is 18.5 Å². The van der Waals surface area contributed by atoms with E-state index in [4.69, 9.17) is 40.5 Å². The van der Waals surface area contributed by atoms with Gasteiger partial charge >= 0.3 is 0 Å². The molecular formula is C9H11Cl4NO. The molecule has 0 aliphatic heterocycles. The third-order valence-corrected chi connectivity index (χ3v) is 3.08. The zero-order valence-corrected chi connectivity index (χ0v) is 11.0. The molecule has 0 unspecified atom stereocenters. The van der Waals surface area contributed by atoms with E-state index in [9.17, 15) is 5.11 Å². The molecule has 0 radical (unpaired) electrons. The highest BCUT2D eigenvalue weighted by Gasteiger charge is 2.20. The Labute approximate surface area is 110 Å². The van der Waals surface area contributed by atoms with E-state index in [1.165, 1.54) is 0 Å². The first-order valence-corrected chi connectivity index (χ1v) is 5.15. The number of aliphatic hydroxyl groups excluding tert-OH is 1. The Kier molecular flexibility index (Phi) is 6.26. The first-order chi connectivity index (χ1) is 6.45. The number of halogens is 4. The fourth-order valence-corrected chi connectivity index (χ4v) is 1.88. The molecule has 0 fully saturated rings. The summed E-state index contributed by atoms with van der Waals surface area (Å²) in [5.41, 5.74) is 6.21. The predicted octanol–water partition coefficient (Wildman–Crippen LogP) is 3.45. The Bertz CT molecular complexity index is 343. The normalized spacial score (nSPS) is 14.3. The quantitative estimate of drug-likeness (QED) is 0.820. The molecule has 0 spiro atoms. The van der Waals surface area contributed by atoms with Gasteiger partial charge in [0.25, 0.3) is 0 Å². The molecule has 15 heavy (non-hydrogen) atoms. The van der Waals surface area contributed by atoms with Crippen molar-refractivity contribution in [1.29, 1.82) is 0 Å². The summed E-state index contributed by atoms with van der Waals surface area (Å²) >= 11 is 17.6. The van der Waals surface area contributed by atoms with Crippen molar-refractivity contribution in [2.24, 2.45) is 5.73 Å². The largest absolute Gasteiger partial charge is 0.391 e. The zero-order chi connectivity index (χ0) is 10.9. The molecule has 2 atom stereocenters. The SMILES string of the molecule is C[C@H](O)[C@H](N)c1c(Cl)ccc(Cl)c1Cl.Cl. The van der Waals surface area contributed by atoms with Crippen LogP contribution in [0.5, 0.6) is 0 Å². The molecule has 6 heteroatoms. The molecule has 0 saturated carbocycles. The lowest BCUT2D eigenvalue weighted by molar-refractivity contribution is 0.164. The number of hydrogen-bond acceptors (Lipinski definition) is 2. The summed E-state index contributed by atoms with van der Waals surface area (Å²) in [7, 11) is 0. The summed E-state index contributed by atoms with van der Waals surface area (Å²) < 4.78 is 0. The average Bonchev–Trinajstić information content (AvgIpc) is 2.12. The molecule has 86 valence electrons. The molecule has 0 bridgehead atoms. The third kappa shape index (κ3) is 3.38. The maximum absolute atomic E-state index is 9.33. The average molecular weight is 291 g/mol. The lowest BCUT2D eigenvalue weighted by Gasteiger charge is -2.18. The van der Waals surface area contributed by atoms with E-state index in [1.807, 2.05) is 0 Å². The first-order valence-electron chi connectivity index (χ1n) is 4.02. The van der Waals surface area contributed by atoms with Crippen LogP contribution in [0.15, 0.2) is 12.1 Å². The van der Waals surface area contributed by atoms with Gasteiger partial charge in [-0.3, -0.25) is 0 Å². The van der Waals surface area contributed by atoms with Crippen LogP contribution >= 0.6 is 47.2 Å². The Balaban J connectivity index is 0.00000196. The summed E-state index contributed by atoms with van der Waals surface area (Å²) in [6.45, 7) is 1.57. The van der Waals surface area contributed by atoms with Crippen molar-refractivity contribution in [2.45, 2.75) is 19.1 Å². The van der Waals surface area contributed by atoms with Crippen molar-refractivity contribution in [2.75, 3.05) is 0 Å². The van der Waals surface area contributed by atoms with Crippen LogP contribution in [0.4, 0.5) is 0 Å². The van der Waals surface area contributed by atoms with Gasteiger partial charge in [-0.15, -0.1) is 12.4 Å². The summed E-state index contributed by atoms with van der Waals surface area (Å²) in [5, 5.41) is 10.4. The Hall–Kier alpha value is 0.300. The van der Waals surface area contributed by atoms with Crippen molar-refractivity contribution < 1.29 is 5.11 Å². The van der Waals surface area contributed by atoms with Crippen molar-refractivity contribution in [3.05, 3.63) is 32.8 Å². The van der Waals surface area contributed by atoms with Gasteiger partial charge in [0.2, 0.25) is 0 Å². The molecule has 0 aromatic heterocycles. The fourth-order valence-electron chi connectivity index (χ4n) is 1.09. The smallest absolute Gasteiger partial charge is 0.0705 e. The van der Waals surface area contributed by atoms with Gasteiger partial charge in [-0.1, -0.05) is 34.8 Å². The standard InChI is InChI=1S/C9H10Cl3NO.ClH/c1-4(14)9(13)7-5(10)2-3-6(11)8(7)12;/h2-4,9,14H,13H2,1H3;1H/t4-,9-;/m0./s1. The predicted molar refractivity (Wildman–Crippen MR) is 67.3 cm³/mol. The van der Waals surface area contributed by atoms with Crippen LogP contribution in [0, 0.1) is 0 Å². The minimum Gasteiger partial charge on any atom is -0.391 e. The van der Waals surface area contributed by atoms with Gasteiger partial charge in [-0.25, -0.2) is 0 Å². The van der Waals surface area contributed by atoms with Gasteiger partial charge in [0.15, 0.2) is 0 Å². The molecule has 0 aliphatic rings. The van der Waals surface area contributed by atoms with Gasteiger partial charge in [-0.2, -0.15) is 0 Å². The summed E-state index contributed by atoms with van der Waals surface area (Å²) in [5.74, 6) is 0. The molecule has 0 saturated heterocycles. The maximum Gasteiger partial charge on any atom is 0.0705 e.